The van der Waals surface area contributed by atoms with Crippen molar-refractivity contribution < 1.29 is 9.32 Å². The van der Waals surface area contributed by atoms with Crippen LogP contribution in [0.15, 0.2) is 4.52 Å². The standard InChI is InChI=1S/C10H15N3O2/c1-7(14)5-9-12-10(15-13-9)6-8-3-2-4-11-8/h8,11H,2-6H2,1H3. The van der Waals surface area contributed by atoms with Gasteiger partial charge in [-0.3, -0.25) is 4.79 Å². The molecule has 0 radical (unpaired) electrons. The number of ketones is 1. The lowest BCUT2D eigenvalue weighted by Crippen LogP contribution is -2.23. The number of aromatic nitrogens is 2. The Labute approximate surface area is 88.2 Å². The maximum atomic E-state index is 10.8. The van der Waals surface area contributed by atoms with E-state index in [1.807, 2.05) is 0 Å². The highest BCUT2D eigenvalue weighted by atomic mass is 16.5. The molecular formula is C10H15N3O2. The summed E-state index contributed by atoms with van der Waals surface area (Å²) < 4.78 is 5.07. The molecule has 1 atom stereocenters. The van der Waals surface area contributed by atoms with Crippen molar-refractivity contribution in [1.82, 2.24) is 15.5 Å². The molecule has 82 valence electrons. The molecule has 0 aromatic carbocycles. The third-order valence-electron chi connectivity index (χ3n) is 2.50. The molecule has 0 aliphatic carbocycles. The number of carbonyl (C=O) groups is 1. The fourth-order valence-electron chi connectivity index (χ4n) is 1.81. The highest BCUT2D eigenvalue weighted by Crippen LogP contribution is 2.10. The number of nitrogens with one attached hydrogen (secondary N) is 1. The normalized spacial score (nSPS) is 20.7. The lowest BCUT2D eigenvalue weighted by Gasteiger charge is -2.04. The number of hydrogen-bond acceptors (Lipinski definition) is 5. The van der Waals surface area contributed by atoms with Gasteiger partial charge in [-0.1, -0.05) is 5.16 Å². The summed E-state index contributed by atoms with van der Waals surface area (Å²) in [6.45, 7) is 2.59. The van der Waals surface area contributed by atoms with E-state index in [9.17, 15) is 4.79 Å². The Balaban J connectivity index is 1.91. The Hall–Kier alpha value is -1.23. The van der Waals surface area contributed by atoms with Crippen molar-refractivity contribution in [3.63, 3.8) is 0 Å². The summed E-state index contributed by atoms with van der Waals surface area (Å²) >= 11 is 0. The molecular weight excluding hydrogens is 194 g/mol. The summed E-state index contributed by atoms with van der Waals surface area (Å²) in [6, 6.07) is 0.454. The molecule has 0 amide bonds. The van der Waals surface area contributed by atoms with Gasteiger partial charge in [0, 0.05) is 12.5 Å². The number of hydrogen-bond donors (Lipinski definition) is 1. The van der Waals surface area contributed by atoms with Crippen LogP contribution in [0.1, 0.15) is 31.5 Å². The van der Waals surface area contributed by atoms with Crippen molar-refractivity contribution in [2.75, 3.05) is 6.54 Å². The molecule has 1 aromatic heterocycles. The molecule has 1 N–H and O–H groups in total. The zero-order valence-corrected chi connectivity index (χ0v) is 8.82. The molecule has 0 saturated carbocycles. The summed E-state index contributed by atoms with van der Waals surface area (Å²) in [7, 11) is 0. The summed E-state index contributed by atoms with van der Waals surface area (Å²) in [5, 5.41) is 7.12. The zero-order valence-electron chi connectivity index (χ0n) is 8.82. The van der Waals surface area contributed by atoms with Crippen LogP contribution in [0.25, 0.3) is 0 Å². The average molecular weight is 209 g/mol. The first-order valence-corrected chi connectivity index (χ1v) is 5.28. The number of rotatable bonds is 4. The first kappa shape index (κ1) is 10.3. The van der Waals surface area contributed by atoms with Gasteiger partial charge in [0.15, 0.2) is 5.82 Å². The van der Waals surface area contributed by atoms with Crippen LogP contribution in [0, 0.1) is 0 Å². The molecule has 1 aromatic rings. The monoisotopic (exact) mass is 209 g/mol. The fraction of sp³-hybridized carbons (Fsp3) is 0.700. The lowest BCUT2D eigenvalue weighted by atomic mass is 10.1. The van der Waals surface area contributed by atoms with Crippen LogP contribution in [-0.2, 0) is 17.6 Å². The molecule has 0 spiro atoms. The van der Waals surface area contributed by atoms with Gasteiger partial charge >= 0.3 is 0 Å². The van der Waals surface area contributed by atoms with Gasteiger partial charge in [0.1, 0.15) is 5.78 Å². The van der Waals surface area contributed by atoms with Crippen molar-refractivity contribution in [1.29, 1.82) is 0 Å². The van der Waals surface area contributed by atoms with Gasteiger partial charge in [-0.15, -0.1) is 0 Å². The zero-order chi connectivity index (χ0) is 10.7. The first-order chi connectivity index (χ1) is 7.24. The first-order valence-electron chi connectivity index (χ1n) is 5.28. The molecule has 15 heavy (non-hydrogen) atoms. The van der Waals surface area contributed by atoms with Gasteiger partial charge in [0.2, 0.25) is 5.89 Å². The van der Waals surface area contributed by atoms with Gasteiger partial charge in [-0.25, -0.2) is 0 Å². The Morgan fingerprint density at radius 1 is 1.67 bits per heavy atom. The van der Waals surface area contributed by atoms with Gasteiger partial charge in [-0.05, 0) is 26.3 Å². The fourth-order valence-corrected chi connectivity index (χ4v) is 1.81. The molecule has 1 saturated heterocycles. The molecule has 1 unspecified atom stereocenters. The van der Waals surface area contributed by atoms with E-state index in [4.69, 9.17) is 4.52 Å². The second kappa shape index (κ2) is 4.53. The minimum Gasteiger partial charge on any atom is -0.339 e. The third kappa shape index (κ3) is 2.86. The second-order valence-electron chi connectivity index (χ2n) is 3.98. The van der Waals surface area contributed by atoms with E-state index < -0.39 is 0 Å². The molecule has 5 heteroatoms. The van der Waals surface area contributed by atoms with Gasteiger partial charge < -0.3 is 9.84 Å². The van der Waals surface area contributed by atoms with Gasteiger partial charge in [-0.2, -0.15) is 4.98 Å². The smallest absolute Gasteiger partial charge is 0.228 e. The second-order valence-corrected chi connectivity index (χ2v) is 3.98. The quantitative estimate of drug-likeness (QED) is 0.781. The van der Waals surface area contributed by atoms with E-state index in [0.717, 1.165) is 19.4 Å². The van der Waals surface area contributed by atoms with Crippen LogP contribution in [0.3, 0.4) is 0 Å². The van der Waals surface area contributed by atoms with Crippen molar-refractivity contribution in [3.05, 3.63) is 11.7 Å². The minimum absolute atomic E-state index is 0.0568. The van der Waals surface area contributed by atoms with Crippen LogP contribution < -0.4 is 5.32 Å². The predicted octanol–water partition coefficient (Wildman–Crippen LogP) is 0.496. The molecule has 5 nitrogen and oxygen atoms in total. The van der Waals surface area contributed by atoms with Crippen LogP contribution in [-0.4, -0.2) is 28.5 Å². The van der Waals surface area contributed by atoms with Crippen LogP contribution in [0.5, 0.6) is 0 Å². The SMILES string of the molecule is CC(=O)Cc1noc(CC2CCCN2)n1. The molecule has 1 aliphatic rings. The average Bonchev–Trinajstić information content (AvgIpc) is 2.77. The van der Waals surface area contributed by atoms with Crippen molar-refractivity contribution >= 4 is 5.78 Å². The van der Waals surface area contributed by atoms with Crippen LogP contribution >= 0.6 is 0 Å². The molecule has 1 aliphatic heterocycles. The minimum atomic E-state index is 0.0568. The predicted molar refractivity (Wildman–Crippen MR) is 53.4 cm³/mol. The maximum absolute atomic E-state index is 10.8. The molecule has 0 bridgehead atoms. The Morgan fingerprint density at radius 3 is 3.20 bits per heavy atom. The highest BCUT2D eigenvalue weighted by molar-refractivity contribution is 5.77. The van der Waals surface area contributed by atoms with E-state index in [2.05, 4.69) is 15.5 Å². The summed E-state index contributed by atoms with van der Waals surface area (Å²) in [4.78, 5) is 15.0. The number of carbonyl (C=O) groups excluding carboxylic acids is 1. The summed E-state index contributed by atoms with van der Waals surface area (Å²) in [6.07, 6.45) is 3.40. The Kier molecular flexibility index (Phi) is 3.11. The van der Waals surface area contributed by atoms with E-state index in [1.54, 1.807) is 0 Å². The van der Waals surface area contributed by atoms with E-state index >= 15 is 0 Å². The van der Waals surface area contributed by atoms with E-state index in [1.165, 1.54) is 13.3 Å². The largest absolute Gasteiger partial charge is 0.339 e. The van der Waals surface area contributed by atoms with Gasteiger partial charge in [0.05, 0.1) is 6.42 Å². The molecule has 2 rings (SSSR count). The Bertz CT molecular complexity index is 342. The third-order valence-corrected chi connectivity index (χ3v) is 2.50. The summed E-state index contributed by atoms with van der Waals surface area (Å²) in [5.41, 5.74) is 0. The van der Waals surface area contributed by atoms with Crippen LogP contribution in [0.2, 0.25) is 0 Å². The lowest BCUT2D eigenvalue weighted by molar-refractivity contribution is -0.116. The van der Waals surface area contributed by atoms with Crippen molar-refractivity contribution in [2.45, 2.75) is 38.6 Å². The Morgan fingerprint density at radius 2 is 2.53 bits per heavy atom. The number of nitrogens with zero attached hydrogens (tertiary/aromatic N) is 2. The maximum Gasteiger partial charge on any atom is 0.228 e. The highest BCUT2D eigenvalue weighted by Gasteiger charge is 2.18. The van der Waals surface area contributed by atoms with Crippen LogP contribution in [0.4, 0.5) is 0 Å². The van der Waals surface area contributed by atoms with E-state index in [0.29, 0.717) is 17.8 Å². The molecule has 2 heterocycles. The van der Waals surface area contributed by atoms with E-state index in [-0.39, 0.29) is 12.2 Å². The molecule has 1 fully saturated rings. The van der Waals surface area contributed by atoms with Crippen molar-refractivity contribution in [3.8, 4) is 0 Å². The topological polar surface area (TPSA) is 68.0 Å². The van der Waals surface area contributed by atoms with Gasteiger partial charge in [0.25, 0.3) is 0 Å². The van der Waals surface area contributed by atoms with Crippen molar-refractivity contribution in [2.24, 2.45) is 0 Å². The summed E-state index contributed by atoms with van der Waals surface area (Å²) in [5.74, 6) is 1.18. The number of Topliss-reactive ketones (excluding diaryl/α,β-unsaturated/α-hetero) is 1.